The van der Waals surface area contributed by atoms with Crippen molar-refractivity contribution in [1.82, 2.24) is 0 Å². The Bertz CT molecular complexity index is 409. The van der Waals surface area contributed by atoms with Crippen molar-refractivity contribution < 1.29 is 9.84 Å². The fourth-order valence-corrected chi connectivity index (χ4v) is 2.93. The molecule has 1 aromatic rings. The Kier molecular flexibility index (Phi) is 3.29. The highest BCUT2D eigenvalue weighted by atomic mass is 16.5. The Morgan fingerprint density at radius 3 is 2.53 bits per heavy atom. The molecule has 0 heterocycles. The summed E-state index contributed by atoms with van der Waals surface area (Å²) in [7, 11) is 1.61. The van der Waals surface area contributed by atoms with E-state index in [4.69, 9.17) is 10.5 Å². The zero-order chi connectivity index (χ0) is 12.5. The lowest BCUT2D eigenvalue weighted by molar-refractivity contribution is 0.347. The molecule has 2 rings (SSSR count). The summed E-state index contributed by atoms with van der Waals surface area (Å²) in [5, 5.41) is 10.1. The number of phenolic OH excluding ortho intramolecular Hbond substituents is 1. The van der Waals surface area contributed by atoms with E-state index >= 15 is 0 Å². The number of hydrogen-bond donors (Lipinski definition) is 2. The maximum absolute atomic E-state index is 10.1. The number of aromatic hydroxyl groups is 1. The number of methoxy groups -OCH3 is 1. The molecule has 3 heteroatoms. The van der Waals surface area contributed by atoms with Gasteiger partial charge in [-0.2, -0.15) is 0 Å². The number of aryl methyl sites for hydroxylation is 1. The van der Waals surface area contributed by atoms with Gasteiger partial charge in [-0.15, -0.1) is 0 Å². The molecule has 1 aromatic carbocycles. The van der Waals surface area contributed by atoms with Crippen molar-refractivity contribution in [3.63, 3.8) is 0 Å². The Morgan fingerprint density at radius 1 is 1.35 bits per heavy atom. The summed E-state index contributed by atoms with van der Waals surface area (Å²) < 4.78 is 5.39. The Balaban J connectivity index is 2.54. The van der Waals surface area contributed by atoms with E-state index in [1.54, 1.807) is 7.11 Å². The second-order valence-corrected chi connectivity index (χ2v) is 5.00. The van der Waals surface area contributed by atoms with Gasteiger partial charge in [0.15, 0.2) is 11.5 Å². The summed E-state index contributed by atoms with van der Waals surface area (Å²) in [6.45, 7) is 2.50. The van der Waals surface area contributed by atoms with Crippen LogP contribution in [0.2, 0.25) is 0 Å². The first-order chi connectivity index (χ1) is 8.14. The van der Waals surface area contributed by atoms with E-state index in [0.29, 0.717) is 12.3 Å². The first-order valence-electron chi connectivity index (χ1n) is 6.22. The minimum Gasteiger partial charge on any atom is -0.504 e. The first-order valence-corrected chi connectivity index (χ1v) is 6.22. The van der Waals surface area contributed by atoms with E-state index in [2.05, 4.69) is 6.07 Å². The molecular formula is C14H21NO2. The highest BCUT2D eigenvalue weighted by Gasteiger charge is 2.37. The van der Waals surface area contributed by atoms with Crippen LogP contribution < -0.4 is 10.5 Å². The molecule has 3 nitrogen and oxygen atoms in total. The normalized spacial score (nSPS) is 18.3. The summed E-state index contributed by atoms with van der Waals surface area (Å²) in [5.74, 6) is 0.863. The van der Waals surface area contributed by atoms with Crippen LogP contribution in [0.5, 0.6) is 11.5 Å². The topological polar surface area (TPSA) is 55.5 Å². The van der Waals surface area contributed by atoms with Crippen LogP contribution in [0.15, 0.2) is 12.1 Å². The molecule has 0 amide bonds. The molecule has 0 atom stereocenters. The monoisotopic (exact) mass is 235 g/mol. The number of benzene rings is 1. The standard InChI is InChI=1S/C14H21NO2/c1-10-5-6-11(13(17-2)12(10)16)14(9-15)7-3-4-8-14/h5-6,16H,3-4,7-9,15H2,1-2H3. The second kappa shape index (κ2) is 4.57. The van der Waals surface area contributed by atoms with Gasteiger partial charge in [0.2, 0.25) is 0 Å². The van der Waals surface area contributed by atoms with Gasteiger partial charge in [-0.1, -0.05) is 25.0 Å². The second-order valence-electron chi connectivity index (χ2n) is 5.00. The van der Waals surface area contributed by atoms with E-state index in [1.807, 2.05) is 13.0 Å². The van der Waals surface area contributed by atoms with Gasteiger partial charge in [-0.3, -0.25) is 0 Å². The van der Waals surface area contributed by atoms with Gasteiger partial charge >= 0.3 is 0 Å². The van der Waals surface area contributed by atoms with Gasteiger partial charge in [-0.25, -0.2) is 0 Å². The van der Waals surface area contributed by atoms with E-state index < -0.39 is 0 Å². The minimum atomic E-state index is -0.00345. The maximum atomic E-state index is 10.1. The third kappa shape index (κ3) is 1.89. The molecule has 94 valence electrons. The van der Waals surface area contributed by atoms with E-state index in [-0.39, 0.29) is 11.2 Å². The van der Waals surface area contributed by atoms with Crippen molar-refractivity contribution in [1.29, 1.82) is 0 Å². The predicted octanol–water partition coefficient (Wildman–Crippen LogP) is 2.48. The summed E-state index contributed by atoms with van der Waals surface area (Å²) in [5.41, 5.74) is 7.89. The van der Waals surface area contributed by atoms with Gasteiger partial charge in [-0.05, 0) is 25.3 Å². The molecule has 0 radical (unpaired) electrons. The molecule has 0 aliphatic heterocycles. The van der Waals surface area contributed by atoms with Gasteiger partial charge in [0.05, 0.1) is 7.11 Å². The van der Waals surface area contributed by atoms with Crippen molar-refractivity contribution in [3.8, 4) is 11.5 Å². The highest BCUT2D eigenvalue weighted by Crippen LogP contribution is 2.47. The summed E-state index contributed by atoms with van der Waals surface area (Å²) >= 11 is 0. The molecule has 0 saturated heterocycles. The molecule has 17 heavy (non-hydrogen) atoms. The van der Waals surface area contributed by atoms with Crippen LogP contribution in [-0.4, -0.2) is 18.8 Å². The van der Waals surface area contributed by atoms with Gasteiger partial charge in [0.1, 0.15) is 0 Å². The number of rotatable bonds is 3. The lowest BCUT2D eigenvalue weighted by atomic mass is 9.78. The van der Waals surface area contributed by atoms with Crippen molar-refractivity contribution in [2.24, 2.45) is 5.73 Å². The number of phenols is 1. The third-order valence-corrected chi connectivity index (χ3v) is 4.06. The van der Waals surface area contributed by atoms with Crippen LogP contribution in [0.4, 0.5) is 0 Å². The van der Waals surface area contributed by atoms with Gasteiger partial charge < -0.3 is 15.6 Å². The van der Waals surface area contributed by atoms with E-state index in [9.17, 15) is 5.11 Å². The first kappa shape index (κ1) is 12.2. The van der Waals surface area contributed by atoms with Gasteiger partial charge in [0.25, 0.3) is 0 Å². The van der Waals surface area contributed by atoms with Crippen LogP contribution in [0.1, 0.15) is 36.8 Å². The number of ether oxygens (including phenoxy) is 1. The Hall–Kier alpha value is -1.22. The minimum absolute atomic E-state index is 0.00345. The third-order valence-electron chi connectivity index (χ3n) is 4.06. The molecule has 0 aromatic heterocycles. The van der Waals surface area contributed by atoms with Crippen LogP contribution in [0, 0.1) is 6.92 Å². The Labute approximate surface area is 103 Å². The SMILES string of the molecule is COc1c(C2(CN)CCCC2)ccc(C)c1O. The summed E-state index contributed by atoms with van der Waals surface area (Å²) in [6, 6.07) is 4.01. The molecule has 3 N–H and O–H groups in total. The van der Waals surface area contributed by atoms with Crippen LogP contribution in [0.25, 0.3) is 0 Å². The van der Waals surface area contributed by atoms with Crippen LogP contribution >= 0.6 is 0 Å². The van der Waals surface area contributed by atoms with E-state index in [1.165, 1.54) is 12.8 Å². The lowest BCUT2D eigenvalue weighted by Gasteiger charge is -2.30. The van der Waals surface area contributed by atoms with E-state index in [0.717, 1.165) is 24.0 Å². The summed E-state index contributed by atoms with van der Waals surface area (Å²) in [6.07, 6.45) is 4.58. The van der Waals surface area contributed by atoms with Crippen LogP contribution in [0.3, 0.4) is 0 Å². The van der Waals surface area contributed by atoms with Gasteiger partial charge in [0, 0.05) is 17.5 Å². The fourth-order valence-electron chi connectivity index (χ4n) is 2.93. The maximum Gasteiger partial charge on any atom is 0.164 e. The molecule has 0 spiro atoms. The van der Waals surface area contributed by atoms with Crippen molar-refractivity contribution in [2.75, 3.05) is 13.7 Å². The van der Waals surface area contributed by atoms with Crippen molar-refractivity contribution >= 4 is 0 Å². The Morgan fingerprint density at radius 2 is 2.00 bits per heavy atom. The summed E-state index contributed by atoms with van der Waals surface area (Å²) in [4.78, 5) is 0. The quantitative estimate of drug-likeness (QED) is 0.846. The molecule has 0 unspecified atom stereocenters. The zero-order valence-corrected chi connectivity index (χ0v) is 10.6. The predicted molar refractivity (Wildman–Crippen MR) is 68.6 cm³/mol. The molecule has 1 aliphatic carbocycles. The van der Waals surface area contributed by atoms with Crippen molar-refractivity contribution in [2.45, 2.75) is 38.0 Å². The van der Waals surface area contributed by atoms with Crippen LogP contribution in [-0.2, 0) is 5.41 Å². The fraction of sp³-hybridized carbons (Fsp3) is 0.571. The highest BCUT2D eigenvalue weighted by molar-refractivity contribution is 5.53. The molecule has 1 aliphatic rings. The molecular weight excluding hydrogens is 214 g/mol. The zero-order valence-electron chi connectivity index (χ0n) is 10.6. The molecule has 0 bridgehead atoms. The number of hydrogen-bond acceptors (Lipinski definition) is 3. The molecule has 1 saturated carbocycles. The lowest BCUT2D eigenvalue weighted by Crippen LogP contribution is -2.32. The average molecular weight is 235 g/mol. The molecule has 1 fully saturated rings. The smallest absolute Gasteiger partial charge is 0.164 e. The van der Waals surface area contributed by atoms with Crippen molar-refractivity contribution in [3.05, 3.63) is 23.3 Å². The average Bonchev–Trinajstić information content (AvgIpc) is 2.82. The number of nitrogens with two attached hydrogens (primary N) is 1. The largest absolute Gasteiger partial charge is 0.504 e.